The maximum atomic E-state index is 6.72. The van der Waals surface area contributed by atoms with Crippen molar-refractivity contribution in [2.45, 2.75) is 38.1 Å². The van der Waals surface area contributed by atoms with Gasteiger partial charge in [-0.3, -0.25) is 0 Å². The van der Waals surface area contributed by atoms with Gasteiger partial charge in [0.1, 0.15) is 0 Å². The van der Waals surface area contributed by atoms with Gasteiger partial charge in [-0.2, -0.15) is 5.11 Å². The third-order valence-corrected chi connectivity index (χ3v) is 1.76. The van der Waals surface area contributed by atoms with E-state index in [1.54, 1.807) is 0 Å². The monoisotopic (exact) mass is 188 g/mol. The summed E-state index contributed by atoms with van der Waals surface area (Å²) in [5, 5.41) is 3.50. The zero-order valence-electron chi connectivity index (χ0n) is 6.06. The van der Waals surface area contributed by atoms with Crippen LogP contribution in [0.2, 0.25) is 0 Å². The van der Waals surface area contributed by atoms with Gasteiger partial charge in [0.2, 0.25) is 0 Å². The first-order valence-electron chi connectivity index (χ1n) is 3.30. The molecule has 0 aliphatic heterocycles. The van der Waals surface area contributed by atoms with E-state index in [0.29, 0.717) is 6.04 Å². The van der Waals surface area contributed by atoms with E-state index in [4.69, 9.17) is 5.53 Å². The van der Waals surface area contributed by atoms with Crippen molar-refractivity contribution >= 4 is 51.4 Å². The Hall–Kier alpha value is 1.16. The van der Waals surface area contributed by atoms with Crippen LogP contribution in [-0.4, -0.2) is 68.4 Å². The van der Waals surface area contributed by atoms with E-state index in [9.17, 15) is 0 Å². The fourth-order valence-electron chi connectivity index (χ4n) is 1.21. The SMILES string of the molecule is N=NC1CCCCC1.O.O.[KH]. The molecule has 1 aliphatic carbocycles. The molecule has 1 fully saturated rings. The van der Waals surface area contributed by atoms with Gasteiger partial charge in [-0.05, 0) is 12.8 Å². The zero-order chi connectivity index (χ0) is 5.82. The van der Waals surface area contributed by atoms with Gasteiger partial charge in [0, 0.05) is 0 Å². The van der Waals surface area contributed by atoms with Crippen LogP contribution in [0, 0.1) is 5.53 Å². The summed E-state index contributed by atoms with van der Waals surface area (Å²) in [6.45, 7) is 0. The summed E-state index contributed by atoms with van der Waals surface area (Å²) in [5.74, 6) is 0. The standard InChI is InChI=1S/C6H12N2.K.2H2O.H/c7-8-6-4-2-1-3-5-6;;;;/h6-7H,1-5H2;;2*1H2;. The Kier molecular flexibility index (Phi) is 18.3. The average molecular weight is 188 g/mol. The molecule has 0 radical (unpaired) electrons. The number of hydrogen-bond acceptors (Lipinski definition) is 2. The van der Waals surface area contributed by atoms with E-state index in [-0.39, 0.29) is 62.3 Å². The summed E-state index contributed by atoms with van der Waals surface area (Å²) in [6.07, 6.45) is 6.24. The van der Waals surface area contributed by atoms with Gasteiger partial charge in [-0.15, -0.1) is 0 Å². The minimum atomic E-state index is 0. The second-order valence-electron chi connectivity index (χ2n) is 2.42. The molecule has 4 nitrogen and oxygen atoms in total. The minimum absolute atomic E-state index is 0. The molecular weight excluding hydrogens is 171 g/mol. The van der Waals surface area contributed by atoms with E-state index in [1.807, 2.05) is 0 Å². The van der Waals surface area contributed by atoms with Gasteiger partial charge < -0.3 is 11.0 Å². The first kappa shape index (κ1) is 18.0. The molecule has 64 valence electrons. The quantitative estimate of drug-likeness (QED) is 0.444. The Labute approximate surface area is 110 Å². The Morgan fingerprint density at radius 1 is 1.00 bits per heavy atom. The fraction of sp³-hybridized carbons (Fsp3) is 1.00. The molecule has 1 aliphatic rings. The topological polar surface area (TPSA) is 99.2 Å². The Balaban J connectivity index is -0.000000213. The molecule has 0 saturated heterocycles. The average Bonchev–Trinajstić information content (AvgIpc) is 1.90. The summed E-state index contributed by atoms with van der Waals surface area (Å²) in [5.41, 5.74) is 6.72. The van der Waals surface area contributed by atoms with Crippen molar-refractivity contribution < 1.29 is 11.0 Å². The van der Waals surface area contributed by atoms with Crippen molar-refractivity contribution in [1.82, 2.24) is 0 Å². The van der Waals surface area contributed by atoms with Crippen LogP contribution in [0.3, 0.4) is 0 Å². The molecule has 5 N–H and O–H groups in total. The van der Waals surface area contributed by atoms with E-state index >= 15 is 0 Å². The molecule has 0 atom stereocenters. The van der Waals surface area contributed by atoms with E-state index in [0.717, 1.165) is 12.8 Å². The molecule has 5 heteroatoms. The van der Waals surface area contributed by atoms with E-state index in [1.165, 1.54) is 19.3 Å². The van der Waals surface area contributed by atoms with Crippen LogP contribution in [0.25, 0.3) is 0 Å². The van der Waals surface area contributed by atoms with E-state index in [2.05, 4.69) is 5.11 Å². The molecule has 11 heavy (non-hydrogen) atoms. The molecule has 0 aromatic heterocycles. The van der Waals surface area contributed by atoms with Gasteiger partial charge in [-0.1, -0.05) is 19.3 Å². The van der Waals surface area contributed by atoms with Crippen molar-refractivity contribution in [3.63, 3.8) is 0 Å². The first-order valence-corrected chi connectivity index (χ1v) is 3.30. The summed E-state index contributed by atoms with van der Waals surface area (Å²) in [4.78, 5) is 0. The Morgan fingerprint density at radius 3 is 1.73 bits per heavy atom. The van der Waals surface area contributed by atoms with Gasteiger partial charge >= 0.3 is 51.4 Å². The van der Waals surface area contributed by atoms with Crippen molar-refractivity contribution in [3.05, 3.63) is 0 Å². The third kappa shape index (κ3) is 7.51. The molecule has 0 heterocycles. The molecule has 0 amide bonds. The van der Waals surface area contributed by atoms with Crippen molar-refractivity contribution in [1.29, 1.82) is 5.53 Å². The molecule has 0 aromatic carbocycles. The van der Waals surface area contributed by atoms with Crippen LogP contribution < -0.4 is 0 Å². The van der Waals surface area contributed by atoms with Gasteiger partial charge in [0.15, 0.2) is 0 Å². The second kappa shape index (κ2) is 11.2. The molecule has 1 saturated carbocycles. The van der Waals surface area contributed by atoms with Crippen LogP contribution in [0.5, 0.6) is 0 Å². The van der Waals surface area contributed by atoms with Gasteiger partial charge in [-0.25, -0.2) is 5.53 Å². The van der Waals surface area contributed by atoms with E-state index < -0.39 is 0 Å². The normalized spacial score (nSPS) is 16.7. The molecule has 0 aromatic rings. The van der Waals surface area contributed by atoms with Crippen LogP contribution in [0.4, 0.5) is 0 Å². The maximum absolute atomic E-state index is 6.72. The van der Waals surface area contributed by atoms with Gasteiger partial charge in [0.05, 0.1) is 6.04 Å². The molecule has 1 rings (SSSR count). The van der Waals surface area contributed by atoms with Crippen molar-refractivity contribution in [2.75, 3.05) is 0 Å². The molecule has 0 unspecified atom stereocenters. The first-order chi connectivity index (χ1) is 3.93. The number of nitrogens with zero attached hydrogens (tertiary/aromatic N) is 1. The predicted molar refractivity (Wildman–Crippen MR) is 46.4 cm³/mol. The number of nitrogens with one attached hydrogen (secondary N) is 1. The van der Waals surface area contributed by atoms with Crippen molar-refractivity contribution in [2.24, 2.45) is 5.11 Å². The summed E-state index contributed by atoms with van der Waals surface area (Å²) < 4.78 is 0. The number of hydrogen-bond donors (Lipinski definition) is 1. The zero-order valence-corrected chi connectivity index (χ0v) is 6.06. The fourth-order valence-corrected chi connectivity index (χ4v) is 1.21. The second-order valence-corrected chi connectivity index (χ2v) is 2.42. The van der Waals surface area contributed by atoms with Crippen molar-refractivity contribution in [3.8, 4) is 0 Å². The molecule has 0 spiro atoms. The Bertz CT molecular complexity index is 86.7. The predicted octanol–water partition coefficient (Wildman–Crippen LogP) is 0.0522. The van der Waals surface area contributed by atoms with Gasteiger partial charge in [0.25, 0.3) is 0 Å². The van der Waals surface area contributed by atoms with Crippen LogP contribution in [0.1, 0.15) is 32.1 Å². The van der Waals surface area contributed by atoms with Crippen LogP contribution in [0.15, 0.2) is 5.11 Å². The summed E-state index contributed by atoms with van der Waals surface area (Å²) >= 11 is 0. The van der Waals surface area contributed by atoms with Crippen LogP contribution >= 0.6 is 0 Å². The Morgan fingerprint density at radius 2 is 1.45 bits per heavy atom. The molecule has 0 bridgehead atoms. The summed E-state index contributed by atoms with van der Waals surface area (Å²) in [7, 11) is 0. The molecular formula is C6H17KN2O2. The third-order valence-electron chi connectivity index (χ3n) is 1.76. The number of rotatable bonds is 1. The van der Waals surface area contributed by atoms with Crippen LogP contribution in [-0.2, 0) is 0 Å². The summed E-state index contributed by atoms with van der Waals surface area (Å²) in [6, 6.07) is 0.378.